The average Bonchev–Trinajstić information content (AvgIpc) is 3.63. The molecule has 1 unspecified atom stereocenters. The lowest BCUT2D eigenvalue weighted by Crippen LogP contribution is -2.28. The van der Waals surface area contributed by atoms with Gasteiger partial charge in [-0.05, 0) is 12.5 Å². The van der Waals surface area contributed by atoms with Crippen LogP contribution in [0.25, 0.3) is 22.3 Å². The van der Waals surface area contributed by atoms with E-state index in [0.717, 1.165) is 5.39 Å². The third kappa shape index (κ3) is 3.95. The lowest BCUT2D eigenvalue weighted by Gasteiger charge is -2.17. The molecule has 0 spiro atoms. The first-order valence-electron chi connectivity index (χ1n) is 11.6. The number of methoxy groups -OCH3 is 1. The van der Waals surface area contributed by atoms with Crippen molar-refractivity contribution in [1.29, 1.82) is 0 Å². The van der Waals surface area contributed by atoms with Gasteiger partial charge in [-0.2, -0.15) is 0 Å². The molecule has 0 N–H and O–H groups in total. The second-order valence-corrected chi connectivity index (χ2v) is 8.68. The molecule has 2 aromatic heterocycles. The summed E-state index contributed by atoms with van der Waals surface area (Å²) in [5, 5.41) is 17.3. The van der Waals surface area contributed by atoms with Crippen molar-refractivity contribution in [3.05, 3.63) is 67.0 Å². The van der Waals surface area contributed by atoms with Crippen molar-refractivity contribution in [1.82, 2.24) is 9.55 Å². The van der Waals surface area contributed by atoms with Gasteiger partial charge in [-0.1, -0.05) is 30.3 Å². The molecule has 0 amide bonds. The van der Waals surface area contributed by atoms with Crippen molar-refractivity contribution in [2.75, 3.05) is 20.3 Å². The van der Waals surface area contributed by atoms with E-state index in [-0.39, 0.29) is 41.8 Å². The van der Waals surface area contributed by atoms with Crippen LogP contribution in [-0.4, -0.2) is 53.4 Å². The highest BCUT2D eigenvalue weighted by Gasteiger charge is 2.39. The highest BCUT2D eigenvalue weighted by atomic mass is 16.7. The van der Waals surface area contributed by atoms with Crippen molar-refractivity contribution < 1.29 is 24.0 Å². The minimum Gasteiger partial charge on any atom is -0.393 e. The smallest absolute Gasteiger partial charge is 0.299 e. The first-order chi connectivity index (χ1) is 17.5. The molecule has 0 radical (unpaired) electrons. The molecule has 36 heavy (non-hydrogen) atoms. The highest BCUT2D eigenvalue weighted by molar-refractivity contribution is 6.02. The number of pyridine rings is 2. The van der Waals surface area contributed by atoms with E-state index in [4.69, 9.17) is 19.3 Å². The summed E-state index contributed by atoms with van der Waals surface area (Å²) in [6, 6.07) is 7.33. The first kappa shape index (κ1) is 23.8. The maximum Gasteiger partial charge on any atom is 0.299 e. The number of ether oxygens (including phenoxy) is 2. The second kappa shape index (κ2) is 9.59. The molecule has 0 bridgehead atoms. The van der Waals surface area contributed by atoms with Crippen molar-refractivity contribution in [3.8, 4) is 11.4 Å². The number of carbonyl (C=O) groups is 1. The molecule has 1 aromatic carbocycles. The van der Waals surface area contributed by atoms with Gasteiger partial charge in [0.2, 0.25) is 0 Å². The normalized spacial score (nSPS) is 16.7. The largest absolute Gasteiger partial charge is 0.393 e. The Kier molecular flexibility index (Phi) is 6.33. The minimum absolute atomic E-state index is 0.0366. The number of epoxide rings is 1. The number of para-hydroxylation sites is 1. The van der Waals surface area contributed by atoms with E-state index < -0.39 is 16.4 Å². The summed E-state index contributed by atoms with van der Waals surface area (Å²) in [4.78, 5) is 47.6. The molecule has 186 valence electrons. The Morgan fingerprint density at radius 2 is 2.17 bits per heavy atom. The van der Waals surface area contributed by atoms with Gasteiger partial charge in [0, 0.05) is 29.5 Å². The van der Waals surface area contributed by atoms with E-state index in [1.165, 1.54) is 11.7 Å². The van der Waals surface area contributed by atoms with E-state index in [0.29, 0.717) is 48.3 Å². The molecule has 5 rings (SSSR count). The van der Waals surface area contributed by atoms with E-state index >= 15 is 0 Å². The van der Waals surface area contributed by atoms with Gasteiger partial charge < -0.3 is 19.1 Å². The van der Waals surface area contributed by atoms with Gasteiger partial charge in [-0.25, -0.2) is 4.98 Å². The molecule has 1 saturated heterocycles. The predicted octanol–water partition coefficient (Wildman–Crippen LogP) is 2.92. The van der Waals surface area contributed by atoms with Crippen molar-refractivity contribution in [2.45, 2.75) is 38.5 Å². The number of oxime groups is 1. The number of nitrogens with zero attached hydrogens (tertiary/aromatic N) is 4. The summed E-state index contributed by atoms with van der Waals surface area (Å²) in [6.45, 7) is 2.60. The number of rotatable bonds is 10. The SMILES string of the molecule is CC[C@@H](C=O)c1c([N+](=O)[O-])c2n(c(=O)c1COC)Cc1c-2nc2ccccc2c1/C=N/OCC1CO1. The molecule has 0 saturated carbocycles. The average molecular weight is 492 g/mol. The fourth-order valence-electron chi connectivity index (χ4n) is 4.72. The Labute approximate surface area is 205 Å². The first-order valence-corrected chi connectivity index (χ1v) is 11.6. The summed E-state index contributed by atoms with van der Waals surface area (Å²) in [7, 11) is 1.40. The van der Waals surface area contributed by atoms with Gasteiger partial charge in [0.05, 0.1) is 47.5 Å². The van der Waals surface area contributed by atoms with Crippen molar-refractivity contribution in [3.63, 3.8) is 0 Å². The third-order valence-corrected chi connectivity index (χ3v) is 6.52. The van der Waals surface area contributed by atoms with E-state index in [2.05, 4.69) is 5.16 Å². The Morgan fingerprint density at radius 1 is 1.39 bits per heavy atom. The Bertz CT molecular complexity index is 1460. The Morgan fingerprint density at radius 3 is 2.83 bits per heavy atom. The van der Waals surface area contributed by atoms with Crippen molar-refractivity contribution in [2.24, 2.45) is 5.16 Å². The van der Waals surface area contributed by atoms with Gasteiger partial charge in [-0.3, -0.25) is 19.5 Å². The number of hydrogen-bond donors (Lipinski definition) is 0. The number of fused-ring (bicyclic) bond motifs is 4. The third-order valence-electron chi connectivity index (χ3n) is 6.52. The molecular formula is C25H24N4O7. The summed E-state index contributed by atoms with van der Waals surface area (Å²) in [5.74, 6) is -0.835. The molecule has 2 aliphatic rings. The van der Waals surface area contributed by atoms with Crippen LogP contribution >= 0.6 is 0 Å². The van der Waals surface area contributed by atoms with Crippen LogP contribution < -0.4 is 5.56 Å². The molecule has 11 heteroatoms. The van der Waals surface area contributed by atoms with E-state index in [1.807, 2.05) is 18.2 Å². The monoisotopic (exact) mass is 492 g/mol. The Hall–Kier alpha value is -3.96. The number of carbonyl (C=O) groups excluding carboxylic acids is 1. The maximum absolute atomic E-state index is 13.6. The summed E-state index contributed by atoms with van der Waals surface area (Å²) in [6.07, 6.45) is 2.52. The van der Waals surface area contributed by atoms with Crippen LogP contribution in [0.4, 0.5) is 5.69 Å². The zero-order valence-corrected chi connectivity index (χ0v) is 19.8. The fraction of sp³-hybridized carbons (Fsp3) is 0.360. The van der Waals surface area contributed by atoms with Gasteiger partial charge in [0.15, 0.2) is 0 Å². The zero-order valence-electron chi connectivity index (χ0n) is 19.8. The van der Waals surface area contributed by atoms with Crippen molar-refractivity contribution >= 4 is 29.1 Å². The van der Waals surface area contributed by atoms with Crippen LogP contribution in [0, 0.1) is 10.1 Å². The Balaban J connectivity index is 1.79. The summed E-state index contributed by atoms with van der Waals surface area (Å²) in [5.41, 5.74) is 1.70. The molecular weight excluding hydrogens is 468 g/mol. The fourth-order valence-corrected chi connectivity index (χ4v) is 4.72. The quantitative estimate of drug-likeness (QED) is 0.108. The van der Waals surface area contributed by atoms with Gasteiger partial charge >= 0.3 is 0 Å². The van der Waals surface area contributed by atoms with Crippen LogP contribution in [0.2, 0.25) is 0 Å². The topological polar surface area (TPSA) is 138 Å². The zero-order chi connectivity index (χ0) is 25.4. The van der Waals surface area contributed by atoms with Crippen LogP contribution in [-0.2, 0) is 32.3 Å². The van der Waals surface area contributed by atoms with Crippen LogP contribution in [0.3, 0.4) is 0 Å². The predicted molar refractivity (Wildman–Crippen MR) is 130 cm³/mol. The molecule has 1 fully saturated rings. The molecule has 0 aliphatic carbocycles. The van der Waals surface area contributed by atoms with E-state index in [1.54, 1.807) is 19.2 Å². The summed E-state index contributed by atoms with van der Waals surface area (Å²) >= 11 is 0. The second-order valence-electron chi connectivity index (χ2n) is 8.68. The number of aldehydes is 1. The van der Waals surface area contributed by atoms with Crippen LogP contribution in [0.1, 0.15) is 41.5 Å². The molecule has 2 aliphatic heterocycles. The number of hydrogen-bond acceptors (Lipinski definition) is 9. The molecule has 11 nitrogen and oxygen atoms in total. The highest BCUT2D eigenvalue weighted by Crippen LogP contribution is 2.43. The van der Waals surface area contributed by atoms with Crippen LogP contribution in [0.15, 0.2) is 34.2 Å². The lowest BCUT2D eigenvalue weighted by atomic mass is 9.91. The standard InChI is InChI=1S/C25H24N4O7/c1-3-14(10-30)21-19(13-34-2)25(31)28-9-18-17(8-26-36-12-15-11-35-15)16-6-4-5-7-20(16)27-22(18)24(28)23(21)29(32)33/h4-8,10,14-15H,3,9,11-13H2,1-2H3/b26-8+/t14-,15?/m0/s1. The number of nitro groups is 1. The van der Waals surface area contributed by atoms with Gasteiger partial charge in [-0.15, -0.1) is 0 Å². The molecule has 4 heterocycles. The lowest BCUT2D eigenvalue weighted by molar-refractivity contribution is -0.385. The number of aromatic nitrogens is 2. The molecule has 2 atom stereocenters. The van der Waals surface area contributed by atoms with Gasteiger partial charge in [0.1, 0.15) is 30.4 Å². The minimum atomic E-state index is -0.835. The van der Waals surface area contributed by atoms with E-state index in [9.17, 15) is 19.7 Å². The van der Waals surface area contributed by atoms with Crippen LogP contribution in [0.5, 0.6) is 0 Å². The molecule has 3 aromatic rings. The number of benzene rings is 1. The summed E-state index contributed by atoms with van der Waals surface area (Å²) < 4.78 is 11.7. The van der Waals surface area contributed by atoms with Gasteiger partial charge in [0.25, 0.3) is 11.2 Å². The maximum atomic E-state index is 13.6.